The second-order valence-electron chi connectivity index (χ2n) is 7.50. The van der Waals surface area contributed by atoms with Crippen LogP contribution < -0.4 is 15.5 Å². The average molecular weight is 403 g/mol. The maximum atomic E-state index is 12.5. The molecule has 2 aromatic carbocycles. The van der Waals surface area contributed by atoms with Crippen molar-refractivity contribution in [3.05, 3.63) is 66.2 Å². The summed E-state index contributed by atoms with van der Waals surface area (Å²) in [4.78, 5) is 25.9. The number of benzene rings is 2. The number of piperidine rings is 1. The second kappa shape index (κ2) is 8.82. The molecule has 3 N–H and O–H groups in total. The molecule has 0 saturated carbocycles. The summed E-state index contributed by atoms with van der Waals surface area (Å²) in [6.45, 7) is 3.13. The highest BCUT2D eigenvalue weighted by Crippen LogP contribution is 2.24. The summed E-state index contributed by atoms with van der Waals surface area (Å²) in [5, 5.41) is 13.4. The summed E-state index contributed by atoms with van der Waals surface area (Å²) in [6, 6.07) is 19.3. The van der Waals surface area contributed by atoms with Crippen LogP contribution in [0.25, 0.3) is 11.3 Å². The van der Waals surface area contributed by atoms with E-state index in [9.17, 15) is 9.59 Å². The molecule has 1 saturated heterocycles. The Morgan fingerprint density at radius 2 is 1.73 bits per heavy atom. The molecule has 0 aliphatic carbocycles. The fraction of sp³-hybridized carbons (Fsp3) is 0.261. The minimum atomic E-state index is -0.133. The fourth-order valence-electron chi connectivity index (χ4n) is 3.67. The van der Waals surface area contributed by atoms with Crippen molar-refractivity contribution in [2.75, 3.05) is 23.3 Å². The Morgan fingerprint density at radius 1 is 1.03 bits per heavy atom. The van der Waals surface area contributed by atoms with E-state index in [1.165, 1.54) is 6.92 Å². The third-order valence-corrected chi connectivity index (χ3v) is 5.27. The van der Waals surface area contributed by atoms with E-state index in [1.807, 2.05) is 18.2 Å². The first-order valence-electron chi connectivity index (χ1n) is 10.1. The Kier molecular flexibility index (Phi) is 5.79. The van der Waals surface area contributed by atoms with E-state index in [-0.39, 0.29) is 17.9 Å². The number of carbonyl (C=O) groups is 2. The van der Waals surface area contributed by atoms with E-state index in [2.05, 4.69) is 43.9 Å². The van der Waals surface area contributed by atoms with Crippen molar-refractivity contribution in [3.8, 4) is 11.3 Å². The quantitative estimate of drug-likeness (QED) is 0.609. The largest absolute Gasteiger partial charge is 0.355 e. The summed E-state index contributed by atoms with van der Waals surface area (Å²) < 4.78 is 0. The highest BCUT2D eigenvalue weighted by Gasteiger charge is 2.23. The molecule has 0 unspecified atom stereocenters. The third kappa shape index (κ3) is 4.68. The van der Waals surface area contributed by atoms with Gasteiger partial charge in [0.2, 0.25) is 5.91 Å². The van der Waals surface area contributed by atoms with Crippen LogP contribution >= 0.6 is 0 Å². The molecule has 3 aromatic rings. The highest BCUT2D eigenvalue weighted by atomic mass is 16.2. The maximum absolute atomic E-state index is 12.5. The minimum absolute atomic E-state index is 0.0889. The van der Waals surface area contributed by atoms with Gasteiger partial charge in [0.05, 0.1) is 5.69 Å². The SMILES string of the molecule is CC(=O)Nc1ccc(C(=O)NC2CCN(c3cc(-c4ccccc4)[nH]n3)CC2)cc1. The zero-order valence-corrected chi connectivity index (χ0v) is 16.9. The fourth-order valence-corrected chi connectivity index (χ4v) is 3.67. The smallest absolute Gasteiger partial charge is 0.251 e. The molecule has 0 atom stereocenters. The molecule has 2 amide bonds. The molecule has 7 nitrogen and oxygen atoms in total. The van der Waals surface area contributed by atoms with Gasteiger partial charge in [-0.15, -0.1) is 0 Å². The van der Waals surface area contributed by atoms with Gasteiger partial charge in [-0.3, -0.25) is 14.7 Å². The molecule has 0 radical (unpaired) electrons. The van der Waals surface area contributed by atoms with Gasteiger partial charge in [0.25, 0.3) is 5.91 Å². The van der Waals surface area contributed by atoms with Gasteiger partial charge in [-0.2, -0.15) is 5.10 Å². The first-order chi connectivity index (χ1) is 14.6. The van der Waals surface area contributed by atoms with Gasteiger partial charge >= 0.3 is 0 Å². The molecule has 1 aliphatic heterocycles. The minimum Gasteiger partial charge on any atom is -0.355 e. The molecule has 7 heteroatoms. The van der Waals surface area contributed by atoms with Gasteiger partial charge in [-0.1, -0.05) is 30.3 Å². The zero-order chi connectivity index (χ0) is 20.9. The number of aromatic amines is 1. The topological polar surface area (TPSA) is 90.1 Å². The van der Waals surface area contributed by atoms with E-state index in [0.29, 0.717) is 11.3 Å². The van der Waals surface area contributed by atoms with Gasteiger partial charge in [-0.25, -0.2) is 0 Å². The van der Waals surface area contributed by atoms with Crippen molar-refractivity contribution < 1.29 is 9.59 Å². The number of hydrogen-bond acceptors (Lipinski definition) is 4. The van der Waals surface area contributed by atoms with E-state index in [1.54, 1.807) is 24.3 Å². The monoisotopic (exact) mass is 403 g/mol. The van der Waals surface area contributed by atoms with E-state index < -0.39 is 0 Å². The number of amides is 2. The van der Waals surface area contributed by atoms with Crippen LogP contribution in [0.3, 0.4) is 0 Å². The highest BCUT2D eigenvalue weighted by molar-refractivity contribution is 5.95. The van der Waals surface area contributed by atoms with Crippen LogP contribution in [0.4, 0.5) is 11.5 Å². The van der Waals surface area contributed by atoms with Crippen LogP contribution in [-0.4, -0.2) is 41.1 Å². The summed E-state index contributed by atoms with van der Waals surface area (Å²) in [6.07, 6.45) is 1.73. The Morgan fingerprint density at radius 3 is 2.40 bits per heavy atom. The second-order valence-corrected chi connectivity index (χ2v) is 7.50. The standard InChI is InChI=1S/C23H25N5O2/c1-16(29)24-19-9-7-18(8-10-19)23(30)25-20-11-13-28(14-12-20)22-15-21(26-27-22)17-5-3-2-4-6-17/h2-10,15,20H,11-14H2,1H3,(H,24,29)(H,25,30)(H,26,27). The number of nitrogens with one attached hydrogen (secondary N) is 3. The van der Waals surface area contributed by atoms with Crippen molar-refractivity contribution >= 4 is 23.3 Å². The number of H-pyrrole nitrogens is 1. The maximum Gasteiger partial charge on any atom is 0.251 e. The van der Waals surface area contributed by atoms with Crippen molar-refractivity contribution in [3.63, 3.8) is 0 Å². The normalized spacial score (nSPS) is 14.4. The van der Waals surface area contributed by atoms with Crippen molar-refractivity contribution in [2.24, 2.45) is 0 Å². The Labute approximate surface area is 175 Å². The van der Waals surface area contributed by atoms with Gasteiger partial charge in [0, 0.05) is 43.4 Å². The lowest BCUT2D eigenvalue weighted by molar-refractivity contribution is -0.114. The van der Waals surface area contributed by atoms with Crippen LogP contribution in [-0.2, 0) is 4.79 Å². The number of rotatable bonds is 5. The summed E-state index contributed by atoms with van der Waals surface area (Å²) >= 11 is 0. The van der Waals surface area contributed by atoms with Crippen LogP contribution in [0.2, 0.25) is 0 Å². The van der Waals surface area contributed by atoms with Crippen molar-refractivity contribution in [2.45, 2.75) is 25.8 Å². The van der Waals surface area contributed by atoms with E-state index in [0.717, 1.165) is 43.0 Å². The van der Waals surface area contributed by atoms with Gasteiger partial charge < -0.3 is 15.5 Å². The first kappa shape index (κ1) is 19.7. The van der Waals surface area contributed by atoms with Crippen molar-refractivity contribution in [1.29, 1.82) is 0 Å². The molecule has 30 heavy (non-hydrogen) atoms. The zero-order valence-electron chi connectivity index (χ0n) is 16.9. The summed E-state index contributed by atoms with van der Waals surface area (Å²) in [5.74, 6) is 0.716. The van der Waals surface area contributed by atoms with Crippen molar-refractivity contribution in [1.82, 2.24) is 15.5 Å². The van der Waals surface area contributed by atoms with Gasteiger partial charge in [-0.05, 0) is 42.7 Å². The van der Waals surface area contributed by atoms with Gasteiger partial charge in [0.1, 0.15) is 0 Å². The lowest BCUT2D eigenvalue weighted by Gasteiger charge is -2.32. The van der Waals surface area contributed by atoms with Gasteiger partial charge in [0.15, 0.2) is 5.82 Å². The molecule has 0 spiro atoms. The molecule has 1 fully saturated rings. The Bertz CT molecular complexity index is 1010. The Balaban J connectivity index is 1.30. The number of hydrogen-bond donors (Lipinski definition) is 3. The predicted molar refractivity (Wildman–Crippen MR) is 117 cm³/mol. The molecule has 154 valence electrons. The summed E-state index contributed by atoms with van der Waals surface area (Å²) in [7, 11) is 0. The molecule has 2 heterocycles. The lowest BCUT2D eigenvalue weighted by atomic mass is 10.0. The number of aromatic nitrogens is 2. The van der Waals surface area contributed by atoms with E-state index in [4.69, 9.17) is 0 Å². The number of nitrogens with zero attached hydrogens (tertiary/aromatic N) is 2. The van der Waals surface area contributed by atoms with E-state index >= 15 is 0 Å². The molecular weight excluding hydrogens is 378 g/mol. The molecule has 1 aliphatic rings. The average Bonchev–Trinajstić information content (AvgIpc) is 3.25. The molecule has 1 aromatic heterocycles. The van der Waals surface area contributed by atoms with Crippen LogP contribution in [0.5, 0.6) is 0 Å². The molecular formula is C23H25N5O2. The number of anilines is 2. The van der Waals surface area contributed by atoms with Crippen LogP contribution in [0, 0.1) is 0 Å². The third-order valence-electron chi connectivity index (χ3n) is 5.27. The molecule has 0 bridgehead atoms. The lowest BCUT2D eigenvalue weighted by Crippen LogP contribution is -2.44. The number of carbonyl (C=O) groups excluding carboxylic acids is 2. The van der Waals surface area contributed by atoms with Crippen LogP contribution in [0.15, 0.2) is 60.7 Å². The summed E-state index contributed by atoms with van der Waals surface area (Å²) in [5.41, 5.74) is 3.39. The predicted octanol–water partition coefficient (Wildman–Crippen LogP) is 3.43. The first-order valence-corrected chi connectivity index (χ1v) is 10.1. The Hall–Kier alpha value is -3.61. The van der Waals surface area contributed by atoms with Crippen LogP contribution in [0.1, 0.15) is 30.1 Å². The molecule has 4 rings (SSSR count).